The van der Waals surface area contributed by atoms with E-state index < -0.39 is 10.9 Å². The zero-order chi connectivity index (χ0) is 16.4. The lowest BCUT2D eigenvalue weighted by Gasteiger charge is -2.10. The fourth-order valence-corrected chi connectivity index (χ4v) is 2.36. The molecule has 0 aromatic heterocycles. The summed E-state index contributed by atoms with van der Waals surface area (Å²) in [6.07, 6.45) is 0. The zero-order valence-corrected chi connectivity index (χ0v) is 11.9. The van der Waals surface area contributed by atoms with Crippen molar-refractivity contribution in [1.82, 2.24) is 0 Å². The fourth-order valence-electron chi connectivity index (χ4n) is 2.36. The van der Waals surface area contributed by atoms with E-state index in [1.165, 1.54) is 18.2 Å². The molecule has 0 radical (unpaired) electrons. The molecule has 0 spiro atoms. The van der Waals surface area contributed by atoms with Gasteiger partial charge in [0.15, 0.2) is 0 Å². The average Bonchev–Trinajstić information content (AvgIpc) is 2.54. The molecular weight excluding hydrogens is 296 g/mol. The predicted octanol–water partition coefficient (Wildman–Crippen LogP) is 4.19. The number of fused-ring (bicyclic) bond motifs is 1. The normalized spacial score (nSPS) is 10.4. The van der Waals surface area contributed by atoms with E-state index in [2.05, 4.69) is 5.32 Å². The van der Waals surface area contributed by atoms with E-state index in [4.69, 9.17) is 0 Å². The third kappa shape index (κ3) is 2.96. The Morgan fingerprint density at radius 2 is 1.74 bits per heavy atom. The second kappa shape index (κ2) is 5.76. The van der Waals surface area contributed by atoms with Gasteiger partial charge >= 0.3 is 5.97 Å². The van der Waals surface area contributed by atoms with Gasteiger partial charge in [-0.1, -0.05) is 30.3 Å². The van der Waals surface area contributed by atoms with Crippen LogP contribution in [0, 0.1) is 10.1 Å². The molecule has 0 amide bonds. The Kier molecular flexibility index (Phi) is 3.64. The number of nitrogens with one attached hydrogen (secondary N) is 1. The Labute approximate surface area is 131 Å². The first-order chi connectivity index (χ1) is 11.0. The highest BCUT2D eigenvalue weighted by Crippen LogP contribution is 2.27. The number of nitrogens with zero attached hydrogens (tertiary/aromatic N) is 1. The Bertz CT molecular complexity index is 921. The van der Waals surface area contributed by atoms with Crippen LogP contribution in [0.5, 0.6) is 0 Å². The van der Waals surface area contributed by atoms with Crippen molar-refractivity contribution in [1.29, 1.82) is 0 Å². The summed E-state index contributed by atoms with van der Waals surface area (Å²) in [6, 6.07) is 16.9. The summed E-state index contributed by atoms with van der Waals surface area (Å²) in [5.41, 5.74) is 0.649. The average molecular weight is 308 g/mol. The Morgan fingerprint density at radius 3 is 2.43 bits per heavy atom. The number of carbonyl (C=O) groups is 1. The van der Waals surface area contributed by atoms with Gasteiger partial charge in [-0.15, -0.1) is 0 Å². The Hall–Kier alpha value is -3.41. The van der Waals surface area contributed by atoms with Gasteiger partial charge in [-0.05, 0) is 29.0 Å². The van der Waals surface area contributed by atoms with Crippen molar-refractivity contribution in [3.8, 4) is 0 Å². The minimum atomic E-state index is -1.15. The summed E-state index contributed by atoms with van der Waals surface area (Å²) in [5.74, 6) is -1.15. The van der Waals surface area contributed by atoms with Gasteiger partial charge in [0.25, 0.3) is 5.69 Å². The van der Waals surface area contributed by atoms with Crippen LogP contribution in [0.4, 0.5) is 17.1 Å². The third-order valence-corrected chi connectivity index (χ3v) is 3.47. The molecule has 0 saturated heterocycles. The number of aromatic carboxylic acids is 1. The molecule has 0 heterocycles. The van der Waals surface area contributed by atoms with Gasteiger partial charge < -0.3 is 10.4 Å². The third-order valence-electron chi connectivity index (χ3n) is 3.47. The fraction of sp³-hybridized carbons (Fsp3) is 0. The molecule has 0 saturated carbocycles. The highest BCUT2D eigenvalue weighted by Gasteiger charge is 2.15. The van der Waals surface area contributed by atoms with Crippen LogP contribution in [0.25, 0.3) is 10.8 Å². The van der Waals surface area contributed by atoms with Gasteiger partial charge in [-0.3, -0.25) is 10.1 Å². The van der Waals surface area contributed by atoms with Crippen molar-refractivity contribution in [3.63, 3.8) is 0 Å². The molecule has 0 aliphatic rings. The van der Waals surface area contributed by atoms with Crippen LogP contribution in [0.2, 0.25) is 0 Å². The standard InChI is InChI=1S/C17H12N2O4/c20-17(21)15-8-7-14(19(22)23)10-16(15)18-13-6-5-11-3-1-2-4-12(11)9-13/h1-10,18H,(H,20,21). The second-order valence-corrected chi connectivity index (χ2v) is 4.98. The second-order valence-electron chi connectivity index (χ2n) is 4.98. The summed E-state index contributed by atoms with van der Waals surface area (Å²) >= 11 is 0. The van der Waals surface area contributed by atoms with E-state index >= 15 is 0 Å². The Morgan fingerprint density at radius 1 is 1.00 bits per heavy atom. The Balaban J connectivity index is 2.04. The van der Waals surface area contributed by atoms with Gasteiger partial charge in [0.2, 0.25) is 0 Å². The molecule has 3 rings (SSSR count). The van der Waals surface area contributed by atoms with E-state index in [1.54, 1.807) is 6.07 Å². The number of carboxylic acids is 1. The molecule has 3 aromatic carbocycles. The first-order valence-corrected chi connectivity index (χ1v) is 6.82. The van der Waals surface area contributed by atoms with Gasteiger partial charge in [-0.2, -0.15) is 0 Å². The number of anilines is 2. The molecule has 2 N–H and O–H groups in total. The maximum absolute atomic E-state index is 11.3. The number of hydrogen-bond donors (Lipinski definition) is 2. The van der Waals surface area contributed by atoms with Crippen molar-refractivity contribution in [2.24, 2.45) is 0 Å². The number of hydrogen-bond acceptors (Lipinski definition) is 4. The lowest BCUT2D eigenvalue weighted by molar-refractivity contribution is -0.384. The predicted molar refractivity (Wildman–Crippen MR) is 87.3 cm³/mol. The number of nitro groups is 1. The number of rotatable bonds is 4. The van der Waals surface area contributed by atoms with Gasteiger partial charge in [0, 0.05) is 17.8 Å². The first kappa shape index (κ1) is 14.5. The van der Waals surface area contributed by atoms with Crippen molar-refractivity contribution >= 4 is 33.8 Å². The van der Waals surface area contributed by atoms with Crippen LogP contribution in [0.3, 0.4) is 0 Å². The summed E-state index contributed by atoms with van der Waals surface area (Å²) in [6.45, 7) is 0. The molecule has 6 nitrogen and oxygen atoms in total. The van der Waals surface area contributed by atoms with Crippen LogP contribution in [-0.4, -0.2) is 16.0 Å². The van der Waals surface area contributed by atoms with Crippen LogP contribution in [0.1, 0.15) is 10.4 Å². The summed E-state index contributed by atoms with van der Waals surface area (Å²) < 4.78 is 0. The summed E-state index contributed by atoms with van der Waals surface area (Å²) in [4.78, 5) is 21.6. The molecular formula is C17H12N2O4. The SMILES string of the molecule is O=C(O)c1ccc([N+](=O)[O-])cc1Nc1ccc2ccccc2c1. The molecule has 114 valence electrons. The number of benzene rings is 3. The largest absolute Gasteiger partial charge is 0.478 e. The minimum absolute atomic E-state index is 0.0243. The van der Waals surface area contributed by atoms with E-state index in [-0.39, 0.29) is 16.9 Å². The molecule has 0 fully saturated rings. The van der Waals surface area contributed by atoms with E-state index in [1.807, 2.05) is 36.4 Å². The maximum Gasteiger partial charge on any atom is 0.337 e. The monoisotopic (exact) mass is 308 g/mol. The molecule has 6 heteroatoms. The van der Waals surface area contributed by atoms with Gasteiger partial charge in [0.05, 0.1) is 16.2 Å². The van der Waals surface area contributed by atoms with E-state index in [9.17, 15) is 20.0 Å². The molecule has 3 aromatic rings. The number of carboxylic acid groups (broad SMARTS) is 1. The molecule has 23 heavy (non-hydrogen) atoms. The number of non-ortho nitro benzene ring substituents is 1. The van der Waals surface area contributed by atoms with E-state index in [0.29, 0.717) is 5.69 Å². The lowest BCUT2D eigenvalue weighted by atomic mass is 10.1. The van der Waals surface area contributed by atoms with Crippen LogP contribution < -0.4 is 5.32 Å². The van der Waals surface area contributed by atoms with Gasteiger partial charge in [-0.25, -0.2) is 4.79 Å². The maximum atomic E-state index is 11.3. The summed E-state index contributed by atoms with van der Waals surface area (Å²) in [5, 5.41) is 25.1. The lowest BCUT2D eigenvalue weighted by Crippen LogP contribution is -2.03. The van der Waals surface area contributed by atoms with Crippen LogP contribution in [-0.2, 0) is 0 Å². The van der Waals surface area contributed by atoms with Crippen molar-refractivity contribution < 1.29 is 14.8 Å². The molecule has 0 aliphatic carbocycles. The first-order valence-electron chi connectivity index (χ1n) is 6.82. The molecule has 0 aliphatic heterocycles. The van der Waals surface area contributed by atoms with Gasteiger partial charge in [0.1, 0.15) is 0 Å². The van der Waals surface area contributed by atoms with Crippen molar-refractivity contribution in [2.75, 3.05) is 5.32 Å². The molecule has 0 atom stereocenters. The highest BCUT2D eigenvalue weighted by molar-refractivity contribution is 5.96. The molecule has 0 unspecified atom stereocenters. The minimum Gasteiger partial charge on any atom is -0.478 e. The van der Waals surface area contributed by atoms with E-state index in [0.717, 1.165) is 10.8 Å². The topological polar surface area (TPSA) is 92.5 Å². The smallest absolute Gasteiger partial charge is 0.337 e. The van der Waals surface area contributed by atoms with Crippen LogP contribution in [0.15, 0.2) is 60.7 Å². The quantitative estimate of drug-likeness (QED) is 0.557. The summed E-state index contributed by atoms with van der Waals surface area (Å²) in [7, 11) is 0. The zero-order valence-electron chi connectivity index (χ0n) is 11.9. The highest BCUT2D eigenvalue weighted by atomic mass is 16.6. The molecule has 0 bridgehead atoms. The van der Waals surface area contributed by atoms with Crippen molar-refractivity contribution in [3.05, 3.63) is 76.3 Å². The number of nitro benzene ring substituents is 1. The van der Waals surface area contributed by atoms with Crippen molar-refractivity contribution in [2.45, 2.75) is 0 Å². The van der Waals surface area contributed by atoms with Crippen LogP contribution >= 0.6 is 0 Å².